The zero-order valence-electron chi connectivity index (χ0n) is 16.9. The number of aryl methyl sites for hydroxylation is 1. The van der Waals surface area contributed by atoms with Gasteiger partial charge in [0.05, 0.1) is 11.6 Å². The highest BCUT2D eigenvalue weighted by molar-refractivity contribution is 9.10. The second-order valence-electron chi connectivity index (χ2n) is 7.90. The number of halogens is 2. The zero-order valence-corrected chi connectivity index (χ0v) is 19.2. The summed E-state index contributed by atoms with van der Waals surface area (Å²) in [7, 11) is 0. The molecule has 6 nitrogen and oxygen atoms in total. The topological polar surface area (TPSA) is 72.9 Å². The van der Waals surface area contributed by atoms with E-state index in [1.54, 1.807) is 12.1 Å². The Bertz CT molecular complexity index is 1040. The molecule has 0 radical (unpaired) electrons. The van der Waals surface area contributed by atoms with E-state index < -0.39 is 23.6 Å². The number of amides is 1. The number of esters is 1. The third kappa shape index (κ3) is 4.21. The molecule has 2 aliphatic heterocycles. The van der Waals surface area contributed by atoms with Gasteiger partial charge in [0.25, 0.3) is 0 Å². The van der Waals surface area contributed by atoms with E-state index in [1.807, 2.05) is 37.3 Å². The molecule has 2 fully saturated rings. The first-order valence-electron chi connectivity index (χ1n) is 9.99. The van der Waals surface area contributed by atoms with E-state index >= 15 is 0 Å². The lowest BCUT2D eigenvalue weighted by Crippen LogP contribution is -2.54. The van der Waals surface area contributed by atoms with Crippen molar-refractivity contribution in [3.63, 3.8) is 0 Å². The highest BCUT2D eigenvalue weighted by Crippen LogP contribution is 2.42. The monoisotopic (exact) mass is 505 g/mol. The number of ether oxygens (including phenoxy) is 2. The molecule has 2 aromatic carbocycles. The summed E-state index contributed by atoms with van der Waals surface area (Å²) in [6, 6.07) is 12.7. The predicted octanol–water partition coefficient (Wildman–Crippen LogP) is 4.79. The van der Waals surface area contributed by atoms with E-state index in [4.69, 9.17) is 21.1 Å². The normalized spacial score (nSPS) is 23.2. The number of benzene rings is 2. The standard InChI is InChI=1S/C23H21BrClNO5/c1-14-10-17(24)18(25)11-16(14)19-20(27)23(31-21(19)28)8-5-9-26(13-23)22(29)30-12-15-6-3-2-4-7-15/h2-4,6-7,10-11,19H,5,8-9,12-13H2,1H3. The molecule has 2 saturated heterocycles. The number of rotatable bonds is 3. The van der Waals surface area contributed by atoms with E-state index in [9.17, 15) is 14.4 Å². The number of ketones is 1. The molecule has 2 heterocycles. The number of piperidine rings is 1. The minimum Gasteiger partial charge on any atom is -0.448 e. The van der Waals surface area contributed by atoms with Crippen LogP contribution in [0.5, 0.6) is 0 Å². The second-order valence-corrected chi connectivity index (χ2v) is 9.16. The van der Waals surface area contributed by atoms with Crippen molar-refractivity contribution in [2.24, 2.45) is 0 Å². The highest BCUT2D eigenvalue weighted by atomic mass is 79.9. The maximum absolute atomic E-state index is 13.4. The summed E-state index contributed by atoms with van der Waals surface area (Å²) in [6.07, 6.45) is 0.379. The minimum atomic E-state index is -1.35. The van der Waals surface area contributed by atoms with E-state index in [-0.39, 0.29) is 18.9 Å². The van der Waals surface area contributed by atoms with Crippen LogP contribution in [0, 0.1) is 6.92 Å². The van der Waals surface area contributed by atoms with Crippen molar-refractivity contribution >= 4 is 45.4 Å². The third-order valence-electron chi connectivity index (χ3n) is 5.78. The van der Waals surface area contributed by atoms with Gasteiger partial charge in [0.2, 0.25) is 0 Å². The molecule has 2 aliphatic rings. The summed E-state index contributed by atoms with van der Waals surface area (Å²) in [5.74, 6) is -1.99. The Hall–Kier alpha value is -2.38. The Labute approximate surface area is 193 Å². The van der Waals surface area contributed by atoms with Gasteiger partial charge in [0.15, 0.2) is 11.4 Å². The Morgan fingerprint density at radius 3 is 2.77 bits per heavy atom. The van der Waals surface area contributed by atoms with Gasteiger partial charge >= 0.3 is 12.1 Å². The van der Waals surface area contributed by atoms with Crippen molar-refractivity contribution in [3.05, 3.63) is 68.7 Å². The molecule has 31 heavy (non-hydrogen) atoms. The number of likely N-dealkylation sites (tertiary alicyclic amines) is 1. The van der Waals surface area contributed by atoms with Crippen molar-refractivity contribution in [1.29, 1.82) is 0 Å². The Morgan fingerprint density at radius 1 is 1.29 bits per heavy atom. The number of nitrogens with zero attached hydrogens (tertiary/aromatic N) is 1. The van der Waals surface area contributed by atoms with Gasteiger partial charge in [-0.3, -0.25) is 9.59 Å². The molecule has 0 aromatic heterocycles. The van der Waals surface area contributed by atoms with Crippen LogP contribution >= 0.6 is 27.5 Å². The maximum Gasteiger partial charge on any atom is 0.410 e. The summed E-state index contributed by atoms with van der Waals surface area (Å²) < 4.78 is 11.7. The Kier molecular flexibility index (Phi) is 6.08. The fourth-order valence-corrected chi connectivity index (χ4v) is 4.82. The van der Waals surface area contributed by atoms with Crippen molar-refractivity contribution in [2.45, 2.75) is 37.9 Å². The van der Waals surface area contributed by atoms with Crippen molar-refractivity contribution in [3.8, 4) is 0 Å². The highest BCUT2D eigenvalue weighted by Gasteiger charge is 2.58. The third-order valence-corrected chi connectivity index (χ3v) is 6.98. The van der Waals surface area contributed by atoms with Gasteiger partial charge in [-0.25, -0.2) is 4.79 Å². The summed E-state index contributed by atoms with van der Waals surface area (Å²) in [5.41, 5.74) is 0.814. The van der Waals surface area contributed by atoms with Crippen LogP contribution in [-0.2, 0) is 25.7 Å². The van der Waals surface area contributed by atoms with E-state index in [1.165, 1.54) is 4.90 Å². The predicted molar refractivity (Wildman–Crippen MR) is 118 cm³/mol. The van der Waals surface area contributed by atoms with E-state index in [0.29, 0.717) is 34.4 Å². The summed E-state index contributed by atoms with van der Waals surface area (Å²) in [6.45, 7) is 2.38. The van der Waals surface area contributed by atoms with Gasteiger partial charge in [-0.15, -0.1) is 0 Å². The van der Waals surface area contributed by atoms with Gasteiger partial charge in [0, 0.05) is 11.0 Å². The van der Waals surface area contributed by atoms with Crippen LogP contribution < -0.4 is 0 Å². The van der Waals surface area contributed by atoms with Crippen molar-refractivity contribution in [2.75, 3.05) is 13.1 Å². The molecule has 4 rings (SSSR count). The summed E-state index contributed by atoms with van der Waals surface area (Å²) in [5, 5.41) is 0.414. The lowest BCUT2D eigenvalue weighted by Gasteiger charge is -2.37. The zero-order chi connectivity index (χ0) is 22.2. The molecule has 2 atom stereocenters. The van der Waals surface area contributed by atoms with Crippen molar-refractivity contribution < 1.29 is 23.9 Å². The summed E-state index contributed by atoms with van der Waals surface area (Å²) in [4.78, 5) is 40.2. The molecule has 0 bridgehead atoms. The van der Waals surface area contributed by atoms with E-state index in [2.05, 4.69) is 15.9 Å². The average Bonchev–Trinajstić information content (AvgIpc) is 2.98. The fourth-order valence-electron chi connectivity index (χ4n) is 4.19. The van der Waals surface area contributed by atoms with Gasteiger partial charge < -0.3 is 14.4 Å². The lowest BCUT2D eigenvalue weighted by molar-refractivity contribution is -0.156. The number of Topliss-reactive ketones (excluding diaryl/α,β-unsaturated/α-hetero) is 1. The molecular weight excluding hydrogens is 486 g/mol. The van der Waals surface area contributed by atoms with Crippen LogP contribution in [0.25, 0.3) is 0 Å². The first-order valence-corrected chi connectivity index (χ1v) is 11.2. The first kappa shape index (κ1) is 21.8. The van der Waals surface area contributed by atoms with Crippen molar-refractivity contribution in [1.82, 2.24) is 4.90 Å². The maximum atomic E-state index is 13.4. The number of carbonyl (C=O) groups is 3. The molecule has 2 unspecified atom stereocenters. The van der Waals surface area contributed by atoms with Crippen LogP contribution in [0.4, 0.5) is 4.79 Å². The van der Waals surface area contributed by atoms with Crippen LogP contribution in [-0.4, -0.2) is 41.4 Å². The number of carbonyl (C=O) groups excluding carboxylic acids is 3. The number of hydrogen-bond acceptors (Lipinski definition) is 5. The molecular formula is C23H21BrClNO5. The number of hydrogen-bond donors (Lipinski definition) is 0. The average molecular weight is 507 g/mol. The van der Waals surface area contributed by atoms with Crippen LogP contribution in [0.2, 0.25) is 5.02 Å². The smallest absolute Gasteiger partial charge is 0.410 e. The van der Waals surface area contributed by atoms with Gasteiger partial charge in [-0.1, -0.05) is 41.9 Å². The lowest BCUT2D eigenvalue weighted by atomic mass is 9.81. The first-order chi connectivity index (χ1) is 14.8. The molecule has 0 aliphatic carbocycles. The SMILES string of the molecule is Cc1cc(Br)c(Cl)cc1C1C(=O)OC2(CCCN(C(=O)OCc3ccccc3)C2)C1=O. The van der Waals surface area contributed by atoms with Gasteiger partial charge in [-0.2, -0.15) is 0 Å². The molecule has 8 heteroatoms. The molecule has 162 valence electrons. The minimum absolute atomic E-state index is 0.00892. The largest absolute Gasteiger partial charge is 0.448 e. The molecule has 1 spiro atoms. The molecule has 0 saturated carbocycles. The van der Waals surface area contributed by atoms with E-state index in [0.717, 1.165) is 11.1 Å². The fraction of sp³-hybridized carbons (Fsp3) is 0.348. The van der Waals surface area contributed by atoms with Crippen LogP contribution in [0.1, 0.15) is 35.4 Å². The molecule has 0 N–H and O–H groups in total. The van der Waals surface area contributed by atoms with Crippen LogP contribution in [0.15, 0.2) is 46.9 Å². The quantitative estimate of drug-likeness (QED) is 0.442. The summed E-state index contributed by atoms with van der Waals surface area (Å²) >= 11 is 9.56. The van der Waals surface area contributed by atoms with Crippen LogP contribution in [0.3, 0.4) is 0 Å². The Morgan fingerprint density at radius 2 is 2.03 bits per heavy atom. The molecule has 1 amide bonds. The Balaban J connectivity index is 1.51. The van der Waals surface area contributed by atoms with Gasteiger partial charge in [-0.05, 0) is 64.5 Å². The molecule has 2 aromatic rings. The van der Waals surface area contributed by atoms with Gasteiger partial charge in [0.1, 0.15) is 12.5 Å². The second kappa shape index (κ2) is 8.63.